The minimum atomic E-state index is 0.916. The van der Waals surface area contributed by atoms with Crippen molar-refractivity contribution in [3.05, 3.63) is 64.4 Å². The van der Waals surface area contributed by atoms with Crippen molar-refractivity contribution in [2.45, 2.75) is 19.9 Å². The normalized spacial score (nSPS) is 10.8. The Morgan fingerprint density at radius 3 is 2.68 bits per heavy atom. The molecule has 0 saturated heterocycles. The van der Waals surface area contributed by atoms with Crippen molar-refractivity contribution >= 4 is 27.8 Å². The highest BCUT2D eigenvalue weighted by atomic mass is 32.1. The predicted molar refractivity (Wildman–Crippen MR) is 85.0 cm³/mol. The Morgan fingerprint density at radius 2 is 1.84 bits per heavy atom. The number of hydrogen-bond acceptors (Lipinski definition) is 2. The van der Waals surface area contributed by atoms with Crippen molar-refractivity contribution in [3.8, 4) is 0 Å². The Kier molecular flexibility index (Phi) is 3.51. The van der Waals surface area contributed by atoms with Crippen molar-refractivity contribution in [2.75, 3.05) is 5.32 Å². The van der Waals surface area contributed by atoms with Gasteiger partial charge in [0, 0.05) is 17.1 Å². The second-order valence-corrected chi connectivity index (χ2v) is 5.64. The minimum absolute atomic E-state index is 0.916. The first-order valence-corrected chi connectivity index (χ1v) is 7.52. The van der Waals surface area contributed by atoms with Gasteiger partial charge in [-0.2, -0.15) is 0 Å². The molecule has 0 spiro atoms. The molecule has 3 rings (SSSR count). The first kappa shape index (κ1) is 12.2. The third kappa shape index (κ3) is 2.64. The highest BCUT2D eigenvalue weighted by Crippen LogP contribution is 2.22. The maximum atomic E-state index is 3.52. The van der Waals surface area contributed by atoms with Crippen molar-refractivity contribution in [1.29, 1.82) is 0 Å². The van der Waals surface area contributed by atoms with Gasteiger partial charge in [-0.05, 0) is 46.3 Å². The molecule has 0 aliphatic carbocycles. The fourth-order valence-electron chi connectivity index (χ4n) is 2.32. The second kappa shape index (κ2) is 5.45. The van der Waals surface area contributed by atoms with Gasteiger partial charge in [0.2, 0.25) is 0 Å². The SMILES string of the molecule is CCc1ccsc1CNc1ccc2ccccc2c1. The number of aryl methyl sites for hydroxylation is 1. The summed E-state index contributed by atoms with van der Waals surface area (Å²) >= 11 is 1.83. The first-order chi connectivity index (χ1) is 9.36. The monoisotopic (exact) mass is 267 g/mol. The number of nitrogens with one attached hydrogen (secondary N) is 1. The number of thiophene rings is 1. The summed E-state index contributed by atoms with van der Waals surface area (Å²) in [4.78, 5) is 1.44. The number of hydrogen-bond donors (Lipinski definition) is 1. The molecular formula is C17H17NS. The zero-order valence-corrected chi connectivity index (χ0v) is 11.8. The summed E-state index contributed by atoms with van der Waals surface area (Å²) in [6, 6.07) is 17.2. The van der Waals surface area contributed by atoms with Crippen LogP contribution in [-0.2, 0) is 13.0 Å². The summed E-state index contributed by atoms with van der Waals surface area (Å²) in [6.07, 6.45) is 1.11. The number of fused-ring (bicyclic) bond motifs is 1. The lowest BCUT2D eigenvalue weighted by Crippen LogP contribution is -1.99. The summed E-state index contributed by atoms with van der Waals surface area (Å²) in [5, 5.41) is 8.28. The van der Waals surface area contributed by atoms with Gasteiger partial charge in [-0.15, -0.1) is 11.3 Å². The van der Waals surface area contributed by atoms with Crippen molar-refractivity contribution in [3.63, 3.8) is 0 Å². The van der Waals surface area contributed by atoms with E-state index in [1.54, 1.807) is 0 Å². The van der Waals surface area contributed by atoms with Gasteiger partial charge in [0.15, 0.2) is 0 Å². The van der Waals surface area contributed by atoms with Crippen LogP contribution in [0.3, 0.4) is 0 Å². The molecule has 2 aromatic carbocycles. The fourth-order valence-corrected chi connectivity index (χ4v) is 3.23. The Balaban J connectivity index is 1.78. The van der Waals surface area contributed by atoms with E-state index >= 15 is 0 Å². The number of benzene rings is 2. The van der Waals surface area contributed by atoms with Crippen LogP contribution in [0.25, 0.3) is 10.8 Å². The zero-order valence-electron chi connectivity index (χ0n) is 11.0. The average Bonchev–Trinajstić information content (AvgIpc) is 2.92. The molecule has 3 aromatic rings. The highest BCUT2D eigenvalue weighted by Gasteiger charge is 2.02. The molecule has 1 heterocycles. The van der Waals surface area contributed by atoms with Crippen LogP contribution in [-0.4, -0.2) is 0 Å². The maximum Gasteiger partial charge on any atom is 0.0496 e. The molecule has 0 fully saturated rings. The summed E-state index contributed by atoms with van der Waals surface area (Å²) in [7, 11) is 0. The van der Waals surface area contributed by atoms with E-state index < -0.39 is 0 Å². The van der Waals surface area contributed by atoms with Crippen LogP contribution in [0.4, 0.5) is 5.69 Å². The molecule has 1 N–H and O–H groups in total. The van der Waals surface area contributed by atoms with Crippen LogP contribution in [0.15, 0.2) is 53.9 Å². The van der Waals surface area contributed by atoms with Crippen LogP contribution in [0, 0.1) is 0 Å². The molecule has 1 nitrogen and oxygen atoms in total. The first-order valence-electron chi connectivity index (χ1n) is 6.64. The lowest BCUT2D eigenvalue weighted by Gasteiger charge is -2.08. The van der Waals surface area contributed by atoms with E-state index in [1.165, 1.54) is 26.9 Å². The smallest absolute Gasteiger partial charge is 0.0496 e. The lowest BCUT2D eigenvalue weighted by molar-refractivity contribution is 1.08. The van der Waals surface area contributed by atoms with Gasteiger partial charge in [-0.1, -0.05) is 37.3 Å². The van der Waals surface area contributed by atoms with Gasteiger partial charge < -0.3 is 5.32 Å². The van der Waals surface area contributed by atoms with E-state index in [9.17, 15) is 0 Å². The van der Waals surface area contributed by atoms with Gasteiger partial charge >= 0.3 is 0 Å². The van der Waals surface area contributed by atoms with E-state index in [4.69, 9.17) is 0 Å². The topological polar surface area (TPSA) is 12.0 Å². The quantitative estimate of drug-likeness (QED) is 0.695. The maximum absolute atomic E-state index is 3.52. The second-order valence-electron chi connectivity index (χ2n) is 4.64. The summed E-state index contributed by atoms with van der Waals surface area (Å²) in [5.41, 5.74) is 2.65. The van der Waals surface area contributed by atoms with E-state index in [2.05, 4.69) is 66.2 Å². The summed E-state index contributed by atoms with van der Waals surface area (Å²) in [5.74, 6) is 0. The Morgan fingerprint density at radius 1 is 1.00 bits per heavy atom. The third-order valence-corrected chi connectivity index (χ3v) is 4.38. The summed E-state index contributed by atoms with van der Waals surface area (Å²) < 4.78 is 0. The molecule has 0 saturated carbocycles. The Bertz CT molecular complexity index is 684. The van der Waals surface area contributed by atoms with Crippen LogP contribution < -0.4 is 5.32 Å². The van der Waals surface area contributed by atoms with E-state index in [0.29, 0.717) is 0 Å². The van der Waals surface area contributed by atoms with Crippen LogP contribution in [0.2, 0.25) is 0 Å². The molecule has 1 aromatic heterocycles. The molecule has 0 aliphatic heterocycles. The van der Waals surface area contributed by atoms with Crippen molar-refractivity contribution in [2.24, 2.45) is 0 Å². The molecule has 2 heteroatoms. The minimum Gasteiger partial charge on any atom is -0.380 e. The van der Waals surface area contributed by atoms with Crippen LogP contribution >= 0.6 is 11.3 Å². The van der Waals surface area contributed by atoms with Crippen molar-refractivity contribution in [1.82, 2.24) is 0 Å². The molecular weight excluding hydrogens is 250 g/mol. The molecule has 0 bridgehead atoms. The predicted octanol–water partition coefficient (Wildman–Crippen LogP) is 5.08. The number of anilines is 1. The van der Waals surface area contributed by atoms with Gasteiger partial charge in [-0.3, -0.25) is 0 Å². The van der Waals surface area contributed by atoms with Gasteiger partial charge in [0.25, 0.3) is 0 Å². The molecule has 0 radical (unpaired) electrons. The van der Waals surface area contributed by atoms with E-state index in [-0.39, 0.29) is 0 Å². The van der Waals surface area contributed by atoms with Crippen LogP contribution in [0.1, 0.15) is 17.4 Å². The summed E-state index contributed by atoms with van der Waals surface area (Å²) in [6.45, 7) is 3.13. The third-order valence-electron chi connectivity index (χ3n) is 3.42. The number of rotatable bonds is 4. The van der Waals surface area contributed by atoms with Crippen LogP contribution in [0.5, 0.6) is 0 Å². The molecule has 0 unspecified atom stereocenters. The molecule has 0 amide bonds. The molecule has 0 atom stereocenters. The van der Waals surface area contributed by atoms with E-state index in [1.807, 2.05) is 11.3 Å². The lowest BCUT2D eigenvalue weighted by atomic mass is 10.1. The zero-order chi connectivity index (χ0) is 13.1. The molecule has 19 heavy (non-hydrogen) atoms. The molecule has 0 aliphatic rings. The van der Waals surface area contributed by atoms with Crippen molar-refractivity contribution < 1.29 is 0 Å². The van der Waals surface area contributed by atoms with Gasteiger partial charge in [0.1, 0.15) is 0 Å². The fraction of sp³-hybridized carbons (Fsp3) is 0.176. The molecule has 96 valence electrons. The highest BCUT2D eigenvalue weighted by molar-refractivity contribution is 7.10. The van der Waals surface area contributed by atoms with E-state index in [0.717, 1.165) is 13.0 Å². The average molecular weight is 267 g/mol. The Labute approximate surface area is 117 Å². The largest absolute Gasteiger partial charge is 0.380 e. The Hall–Kier alpha value is -1.80. The standard InChI is InChI=1S/C17H17NS/c1-2-13-9-10-19-17(13)12-18-16-8-7-14-5-3-4-6-15(14)11-16/h3-11,18H,2,12H2,1H3. The van der Waals surface area contributed by atoms with Gasteiger partial charge in [-0.25, -0.2) is 0 Å². The van der Waals surface area contributed by atoms with Gasteiger partial charge in [0.05, 0.1) is 0 Å².